The van der Waals surface area contributed by atoms with Crippen molar-refractivity contribution in [3.63, 3.8) is 0 Å². The van der Waals surface area contributed by atoms with Crippen LogP contribution < -0.4 is 0 Å². The van der Waals surface area contributed by atoms with E-state index in [1.54, 1.807) is 6.07 Å². The Morgan fingerprint density at radius 2 is 1.50 bits per heavy atom. The number of hydrogen-bond acceptors (Lipinski definition) is 5. The molecule has 0 atom stereocenters. The van der Waals surface area contributed by atoms with E-state index in [1.807, 2.05) is 0 Å². The van der Waals surface area contributed by atoms with Crippen molar-refractivity contribution in [3.8, 4) is 11.5 Å². The lowest BCUT2D eigenvalue weighted by Crippen LogP contribution is -2.09. The van der Waals surface area contributed by atoms with Crippen molar-refractivity contribution in [2.75, 3.05) is 0 Å². The van der Waals surface area contributed by atoms with Gasteiger partial charge in [0.15, 0.2) is 11.5 Å². The summed E-state index contributed by atoms with van der Waals surface area (Å²) >= 11 is 0. The fraction of sp³-hybridized carbons (Fsp3) is 0. The van der Waals surface area contributed by atoms with E-state index in [2.05, 4.69) is 0 Å². The number of benzene rings is 2. The molecule has 6 nitrogen and oxygen atoms in total. The van der Waals surface area contributed by atoms with Gasteiger partial charge in [0.25, 0.3) is 5.78 Å². The van der Waals surface area contributed by atoms with Crippen molar-refractivity contribution >= 4 is 28.3 Å². The summed E-state index contributed by atoms with van der Waals surface area (Å²) in [7, 11) is 0. The predicted octanol–water partition coefficient (Wildman–Crippen LogP) is 1.80. The zero-order valence-corrected chi connectivity index (χ0v) is 10.1. The molecule has 102 valence electrons. The Kier molecular flexibility index (Phi) is 3.30. The molecule has 20 heavy (non-hydrogen) atoms. The molecule has 0 aliphatic heterocycles. The molecule has 0 heterocycles. The number of fused-ring (bicyclic) bond motifs is 1. The van der Waals surface area contributed by atoms with Gasteiger partial charge in [-0.2, -0.15) is 0 Å². The quantitative estimate of drug-likeness (QED) is 0.293. The van der Waals surface area contributed by atoms with E-state index in [9.17, 15) is 24.9 Å². The van der Waals surface area contributed by atoms with Crippen molar-refractivity contribution in [1.82, 2.24) is 0 Å². The average Bonchev–Trinajstić information content (AvgIpc) is 2.39. The van der Waals surface area contributed by atoms with Gasteiger partial charge in [0.2, 0.25) is 0 Å². The van der Waals surface area contributed by atoms with E-state index >= 15 is 0 Å². The summed E-state index contributed by atoms with van der Waals surface area (Å²) in [6.07, 6.45) is 0.601. The normalized spacial score (nSPS) is 11.5. The second-order valence-corrected chi connectivity index (χ2v) is 4.10. The number of carbonyl (C=O) groups excluding carboxylic acids is 1. The number of aliphatic hydroxyl groups excluding tert-OH is 1. The van der Waals surface area contributed by atoms with Crippen molar-refractivity contribution in [1.29, 1.82) is 0 Å². The van der Waals surface area contributed by atoms with Crippen LogP contribution in [0.25, 0.3) is 16.5 Å². The molecule has 0 unspecified atom stereocenters. The third-order valence-electron chi connectivity index (χ3n) is 2.71. The van der Waals surface area contributed by atoms with E-state index < -0.39 is 17.5 Å². The fourth-order valence-corrected chi connectivity index (χ4v) is 1.70. The number of aromatic hydroxyl groups is 2. The predicted molar refractivity (Wildman–Crippen MR) is 70.5 cm³/mol. The Balaban J connectivity index is 2.49. The number of carboxylic acid groups (broad SMARTS) is 1. The Morgan fingerprint density at radius 3 is 2.10 bits per heavy atom. The number of phenolic OH excluding ortho intramolecular Hbond substituents is 2. The number of aliphatic carboxylic acids is 1. The van der Waals surface area contributed by atoms with Gasteiger partial charge in [-0.05, 0) is 29.0 Å². The van der Waals surface area contributed by atoms with Crippen molar-refractivity contribution < 1.29 is 30.0 Å². The van der Waals surface area contributed by atoms with Crippen LogP contribution in [-0.2, 0) is 9.59 Å². The van der Waals surface area contributed by atoms with Gasteiger partial charge in [-0.15, -0.1) is 0 Å². The molecule has 0 saturated carbocycles. The van der Waals surface area contributed by atoms with Gasteiger partial charge in [0, 0.05) is 11.6 Å². The van der Waals surface area contributed by atoms with Gasteiger partial charge in [-0.1, -0.05) is 12.1 Å². The Bertz CT molecular complexity index is 745. The lowest BCUT2D eigenvalue weighted by atomic mass is 10.0. The molecule has 0 aliphatic rings. The highest BCUT2D eigenvalue weighted by molar-refractivity contribution is 6.38. The molecule has 0 aromatic heterocycles. The summed E-state index contributed by atoms with van der Waals surface area (Å²) in [5.74, 6) is -3.99. The molecule has 0 bridgehead atoms. The standard InChI is InChI=1S/C14H10O6/c15-10(6-13(18)14(19)20)8-2-1-7-4-11(16)12(17)5-9(7)3-8/h1-6,15-17H,(H,19,20)/b10-6-. The summed E-state index contributed by atoms with van der Waals surface area (Å²) < 4.78 is 0. The number of carboxylic acids is 1. The summed E-state index contributed by atoms with van der Waals surface area (Å²) in [5.41, 5.74) is 0.220. The summed E-state index contributed by atoms with van der Waals surface area (Å²) in [6, 6.07) is 7.10. The maximum Gasteiger partial charge on any atom is 0.376 e. The molecule has 2 aromatic carbocycles. The van der Waals surface area contributed by atoms with Gasteiger partial charge in [0.05, 0.1) is 0 Å². The molecule has 0 aliphatic carbocycles. The highest BCUT2D eigenvalue weighted by atomic mass is 16.4. The molecule has 4 N–H and O–H groups in total. The first-order valence-electron chi connectivity index (χ1n) is 5.52. The molecule has 2 aromatic rings. The SMILES string of the molecule is O=C(O)C(=O)/C=C(\O)c1ccc2cc(O)c(O)cc2c1. The Morgan fingerprint density at radius 1 is 0.900 bits per heavy atom. The van der Waals surface area contributed by atoms with E-state index in [1.165, 1.54) is 24.3 Å². The van der Waals surface area contributed by atoms with Crippen LogP contribution in [0, 0.1) is 0 Å². The van der Waals surface area contributed by atoms with Gasteiger partial charge < -0.3 is 20.4 Å². The highest BCUT2D eigenvalue weighted by Gasteiger charge is 2.11. The summed E-state index contributed by atoms with van der Waals surface area (Å²) in [5, 5.41) is 38.0. The number of carbonyl (C=O) groups is 2. The van der Waals surface area contributed by atoms with Crippen molar-refractivity contribution in [2.24, 2.45) is 0 Å². The minimum atomic E-state index is -1.67. The maximum atomic E-state index is 11.0. The Hall–Kier alpha value is -3.02. The minimum absolute atomic E-state index is 0.220. The van der Waals surface area contributed by atoms with E-state index in [-0.39, 0.29) is 17.1 Å². The van der Waals surface area contributed by atoms with Crippen LogP contribution in [-0.4, -0.2) is 32.2 Å². The zero-order valence-electron chi connectivity index (χ0n) is 10.1. The third kappa shape index (κ3) is 2.54. The Labute approximate surface area is 112 Å². The van der Waals surface area contributed by atoms with Crippen LogP contribution >= 0.6 is 0 Å². The van der Waals surface area contributed by atoms with Crippen molar-refractivity contribution in [2.45, 2.75) is 0 Å². The highest BCUT2D eigenvalue weighted by Crippen LogP contribution is 2.31. The van der Waals surface area contributed by atoms with Gasteiger partial charge in [-0.3, -0.25) is 4.79 Å². The molecular formula is C14H10O6. The second-order valence-electron chi connectivity index (χ2n) is 4.10. The summed E-state index contributed by atoms with van der Waals surface area (Å²) in [6.45, 7) is 0. The van der Waals surface area contributed by atoms with Crippen LogP contribution in [0.3, 0.4) is 0 Å². The van der Waals surface area contributed by atoms with Crippen LogP contribution in [0.1, 0.15) is 5.56 Å². The first-order chi connectivity index (χ1) is 9.38. The van der Waals surface area contributed by atoms with E-state index in [4.69, 9.17) is 5.11 Å². The molecule has 2 rings (SSSR count). The molecule has 0 radical (unpaired) electrons. The lowest BCUT2D eigenvalue weighted by molar-refractivity contribution is -0.146. The van der Waals surface area contributed by atoms with Gasteiger partial charge in [0.1, 0.15) is 5.76 Å². The zero-order chi connectivity index (χ0) is 14.9. The first-order valence-corrected chi connectivity index (χ1v) is 5.52. The topological polar surface area (TPSA) is 115 Å². The largest absolute Gasteiger partial charge is 0.507 e. The van der Waals surface area contributed by atoms with Crippen LogP contribution in [0.5, 0.6) is 11.5 Å². The van der Waals surface area contributed by atoms with E-state index in [0.29, 0.717) is 16.8 Å². The molecule has 6 heteroatoms. The molecule has 0 amide bonds. The fourth-order valence-electron chi connectivity index (χ4n) is 1.70. The number of hydrogen-bond donors (Lipinski definition) is 4. The second kappa shape index (κ2) is 4.93. The van der Waals surface area contributed by atoms with Gasteiger partial charge >= 0.3 is 5.97 Å². The first kappa shape index (κ1) is 13.4. The smallest absolute Gasteiger partial charge is 0.376 e. The van der Waals surface area contributed by atoms with Gasteiger partial charge in [-0.25, -0.2) is 4.79 Å². The molecule has 0 saturated heterocycles. The van der Waals surface area contributed by atoms with Crippen LogP contribution in [0.4, 0.5) is 0 Å². The average molecular weight is 274 g/mol. The lowest BCUT2D eigenvalue weighted by Gasteiger charge is -2.05. The number of phenols is 2. The number of rotatable bonds is 3. The van der Waals surface area contributed by atoms with E-state index in [0.717, 1.165) is 0 Å². The summed E-state index contributed by atoms with van der Waals surface area (Å²) in [4.78, 5) is 21.4. The molecule has 0 spiro atoms. The number of ketones is 1. The van der Waals surface area contributed by atoms with Crippen molar-refractivity contribution in [3.05, 3.63) is 42.0 Å². The molecule has 0 fully saturated rings. The monoisotopic (exact) mass is 274 g/mol. The van der Waals surface area contributed by atoms with Crippen LogP contribution in [0.2, 0.25) is 0 Å². The molecular weight excluding hydrogens is 264 g/mol. The number of aliphatic hydroxyl groups is 1. The maximum absolute atomic E-state index is 11.0. The third-order valence-corrected chi connectivity index (χ3v) is 2.71. The van der Waals surface area contributed by atoms with Crippen LogP contribution in [0.15, 0.2) is 36.4 Å². The minimum Gasteiger partial charge on any atom is -0.507 e.